The Kier molecular flexibility index (Phi) is 4.12. The highest BCUT2D eigenvalue weighted by molar-refractivity contribution is 6.28. The van der Waals surface area contributed by atoms with Crippen LogP contribution in [0.4, 0.5) is 0 Å². The molecule has 2 aromatic carbocycles. The van der Waals surface area contributed by atoms with E-state index in [-0.39, 0.29) is 5.28 Å². The van der Waals surface area contributed by atoms with Gasteiger partial charge >= 0.3 is 0 Å². The fourth-order valence-corrected chi connectivity index (χ4v) is 2.17. The van der Waals surface area contributed by atoms with Crippen LogP contribution in [0.25, 0.3) is 11.3 Å². The van der Waals surface area contributed by atoms with Crippen molar-refractivity contribution in [2.75, 3.05) is 0 Å². The summed E-state index contributed by atoms with van der Waals surface area (Å²) in [6.45, 7) is 0.511. The number of rotatable bonds is 4. The first kappa shape index (κ1) is 13.6. The minimum atomic E-state index is 0.227. The molecule has 21 heavy (non-hydrogen) atoms. The SMILES string of the molecule is Clc1nccc(-c2ccccc2OCc2ccccc2)n1. The molecule has 0 saturated heterocycles. The second kappa shape index (κ2) is 6.37. The Hall–Kier alpha value is -2.39. The number of hydrogen-bond donors (Lipinski definition) is 0. The van der Waals surface area contributed by atoms with E-state index >= 15 is 0 Å². The van der Waals surface area contributed by atoms with E-state index in [2.05, 4.69) is 9.97 Å². The van der Waals surface area contributed by atoms with Gasteiger partial charge in [0.2, 0.25) is 5.28 Å². The zero-order valence-electron chi connectivity index (χ0n) is 11.2. The monoisotopic (exact) mass is 296 g/mol. The van der Waals surface area contributed by atoms with Crippen molar-refractivity contribution in [3.63, 3.8) is 0 Å². The van der Waals surface area contributed by atoms with E-state index in [1.54, 1.807) is 6.20 Å². The Bertz CT molecular complexity index is 732. The molecule has 4 heteroatoms. The van der Waals surface area contributed by atoms with E-state index in [9.17, 15) is 0 Å². The molecule has 3 aromatic rings. The normalized spacial score (nSPS) is 10.3. The van der Waals surface area contributed by atoms with Gasteiger partial charge in [0.25, 0.3) is 0 Å². The first-order chi connectivity index (χ1) is 10.3. The van der Waals surface area contributed by atoms with Crippen LogP contribution >= 0.6 is 11.6 Å². The van der Waals surface area contributed by atoms with Crippen LogP contribution in [0.5, 0.6) is 5.75 Å². The summed E-state index contributed by atoms with van der Waals surface area (Å²) in [4.78, 5) is 8.14. The van der Waals surface area contributed by atoms with Crippen LogP contribution in [0.15, 0.2) is 66.9 Å². The maximum Gasteiger partial charge on any atom is 0.222 e. The van der Waals surface area contributed by atoms with E-state index in [1.165, 1.54) is 0 Å². The lowest BCUT2D eigenvalue weighted by Crippen LogP contribution is -1.97. The molecule has 0 saturated carbocycles. The average Bonchev–Trinajstić information content (AvgIpc) is 2.54. The van der Waals surface area contributed by atoms with Crippen LogP contribution in [0.1, 0.15) is 5.56 Å². The van der Waals surface area contributed by atoms with Gasteiger partial charge in [0, 0.05) is 11.8 Å². The number of hydrogen-bond acceptors (Lipinski definition) is 3. The molecule has 0 fully saturated rings. The van der Waals surface area contributed by atoms with Crippen molar-refractivity contribution in [2.45, 2.75) is 6.61 Å². The zero-order valence-corrected chi connectivity index (χ0v) is 12.0. The second-order valence-corrected chi connectivity index (χ2v) is 4.82. The maximum absolute atomic E-state index is 5.91. The zero-order chi connectivity index (χ0) is 14.5. The molecule has 0 aliphatic heterocycles. The Labute approximate surface area is 128 Å². The van der Waals surface area contributed by atoms with Gasteiger partial charge in [-0.3, -0.25) is 0 Å². The van der Waals surface area contributed by atoms with E-state index in [0.717, 1.165) is 22.6 Å². The molecule has 0 bridgehead atoms. The quantitative estimate of drug-likeness (QED) is 0.670. The van der Waals surface area contributed by atoms with Gasteiger partial charge in [-0.05, 0) is 35.4 Å². The topological polar surface area (TPSA) is 35.0 Å². The smallest absolute Gasteiger partial charge is 0.222 e. The molecule has 1 aromatic heterocycles. The van der Waals surface area contributed by atoms with Crippen LogP contribution in [0.3, 0.4) is 0 Å². The average molecular weight is 297 g/mol. The van der Waals surface area contributed by atoms with Gasteiger partial charge in [-0.1, -0.05) is 42.5 Å². The Morgan fingerprint density at radius 1 is 0.905 bits per heavy atom. The molecule has 0 spiro atoms. The van der Waals surface area contributed by atoms with Gasteiger partial charge < -0.3 is 4.74 Å². The number of nitrogens with zero attached hydrogens (tertiary/aromatic N) is 2. The Morgan fingerprint density at radius 2 is 1.67 bits per heavy atom. The second-order valence-electron chi connectivity index (χ2n) is 4.48. The number of para-hydroxylation sites is 1. The fraction of sp³-hybridized carbons (Fsp3) is 0.0588. The van der Waals surface area contributed by atoms with Crippen molar-refractivity contribution in [3.8, 4) is 17.0 Å². The summed E-state index contributed by atoms with van der Waals surface area (Å²) >= 11 is 5.86. The van der Waals surface area contributed by atoms with Gasteiger partial charge in [0.15, 0.2) is 0 Å². The molecule has 0 unspecified atom stereocenters. The molecule has 3 nitrogen and oxygen atoms in total. The summed E-state index contributed by atoms with van der Waals surface area (Å²) in [5.41, 5.74) is 2.77. The number of halogens is 1. The van der Waals surface area contributed by atoms with Gasteiger partial charge in [0.1, 0.15) is 12.4 Å². The van der Waals surface area contributed by atoms with Gasteiger partial charge in [-0.25, -0.2) is 9.97 Å². The highest BCUT2D eigenvalue weighted by atomic mass is 35.5. The third-order valence-electron chi connectivity index (χ3n) is 3.03. The third kappa shape index (κ3) is 3.38. The number of aromatic nitrogens is 2. The van der Waals surface area contributed by atoms with Crippen molar-refractivity contribution in [2.24, 2.45) is 0 Å². The van der Waals surface area contributed by atoms with Crippen molar-refractivity contribution in [1.29, 1.82) is 0 Å². The molecule has 0 radical (unpaired) electrons. The van der Waals surface area contributed by atoms with Crippen molar-refractivity contribution in [1.82, 2.24) is 9.97 Å². The molecular formula is C17H13ClN2O. The van der Waals surface area contributed by atoms with Crippen molar-refractivity contribution >= 4 is 11.6 Å². The number of benzene rings is 2. The third-order valence-corrected chi connectivity index (χ3v) is 3.21. The standard InChI is InChI=1S/C17H13ClN2O/c18-17-19-11-10-15(20-17)14-8-4-5-9-16(14)21-12-13-6-2-1-3-7-13/h1-11H,12H2. The molecule has 0 aliphatic carbocycles. The predicted molar refractivity (Wildman–Crippen MR) is 83.3 cm³/mol. The summed E-state index contributed by atoms with van der Waals surface area (Å²) in [7, 11) is 0. The summed E-state index contributed by atoms with van der Waals surface area (Å²) in [5.74, 6) is 0.774. The Balaban J connectivity index is 1.86. The summed E-state index contributed by atoms with van der Waals surface area (Å²) in [5, 5.41) is 0.227. The first-order valence-electron chi connectivity index (χ1n) is 6.57. The molecule has 0 atom stereocenters. The van der Waals surface area contributed by atoms with E-state index in [0.29, 0.717) is 6.61 Å². The lowest BCUT2D eigenvalue weighted by Gasteiger charge is -2.11. The van der Waals surface area contributed by atoms with Crippen LogP contribution in [-0.4, -0.2) is 9.97 Å². The van der Waals surface area contributed by atoms with Crippen molar-refractivity contribution < 1.29 is 4.74 Å². The molecule has 0 amide bonds. The van der Waals surface area contributed by atoms with Crippen LogP contribution in [0, 0.1) is 0 Å². The Morgan fingerprint density at radius 3 is 2.48 bits per heavy atom. The number of ether oxygens (including phenoxy) is 1. The molecule has 1 heterocycles. The summed E-state index contributed by atoms with van der Waals surface area (Å²) in [6, 6.07) is 19.6. The highest BCUT2D eigenvalue weighted by Crippen LogP contribution is 2.29. The predicted octanol–water partition coefficient (Wildman–Crippen LogP) is 4.38. The molecule has 0 N–H and O–H groups in total. The minimum absolute atomic E-state index is 0.227. The highest BCUT2D eigenvalue weighted by Gasteiger charge is 2.08. The van der Waals surface area contributed by atoms with Gasteiger partial charge in [-0.15, -0.1) is 0 Å². The summed E-state index contributed by atoms with van der Waals surface area (Å²) < 4.78 is 5.91. The first-order valence-corrected chi connectivity index (χ1v) is 6.95. The minimum Gasteiger partial charge on any atom is -0.488 e. The molecule has 0 aliphatic rings. The van der Waals surface area contributed by atoms with Gasteiger partial charge in [0.05, 0.1) is 5.69 Å². The van der Waals surface area contributed by atoms with Crippen LogP contribution < -0.4 is 4.74 Å². The summed E-state index contributed by atoms with van der Waals surface area (Å²) in [6.07, 6.45) is 1.64. The van der Waals surface area contributed by atoms with Crippen molar-refractivity contribution in [3.05, 3.63) is 77.7 Å². The van der Waals surface area contributed by atoms with E-state index in [1.807, 2.05) is 60.7 Å². The molecule has 104 valence electrons. The van der Waals surface area contributed by atoms with E-state index < -0.39 is 0 Å². The molecule has 3 rings (SSSR count). The molecular weight excluding hydrogens is 284 g/mol. The van der Waals surface area contributed by atoms with Crippen LogP contribution in [-0.2, 0) is 6.61 Å². The lowest BCUT2D eigenvalue weighted by atomic mass is 10.1. The van der Waals surface area contributed by atoms with E-state index in [4.69, 9.17) is 16.3 Å². The lowest BCUT2D eigenvalue weighted by molar-refractivity contribution is 0.307. The maximum atomic E-state index is 5.91. The largest absolute Gasteiger partial charge is 0.488 e. The van der Waals surface area contributed by atoms with Crippen LogP contribution in [0.2, 0.25) is 5.28 Å². The fourth-order valence-electron chi connectivity index (χ4n) is 2.02. The van der Waals surface area contributed by atoms with Gasteiger partial charge in [-0.2, -0.15) is 0 Å².